The largest absolute Gasteiger partial charge is 0.381 e. The Morgan fingerprint density at radius 2 is 1.97 bits per heavy atom. The quantitative estimate of drug-likeness (QED) is 0.574. The number of fused-ring (bicyclic) bond motifs is 1. The second kappa shape index (κ2) is 7.89. The normalized spacial score (nSPS) is 19.6. The summed E-state index contributed by atoms with van der Waals surface area (Å²) in [4.78, 5) is 19.7. The molecule has 0 bridgehead atoms. The molecule has 1 atom stereocenters. The highest BCUT2D eigenvalue weighted by Gasteiger charge is 2.46. The minimum absolute atomic E-state index is 0.0128. The molecule has 1 aliphatic carbocycles. The fraction of sp³-hybridized carbons (Fsp3) is 0.333. The molecule has 0 unspecified atom stereocenters. The van der Waals surface area contributed by atoms with Gasteiger partial charge in [-0.2, -0.15) is 4.39 Å². The van der Waals surface area contributed by atoms with E-state index in [1.807, 2.05) is 12.3 Å². The van der Waals surface area contributed by atoms with E-state index in [1.165, 1.54) is 23.5 Å². The van der Waals surface area contributed by atoms with Gasteiger partial charge in [-0.1, -0.05) is 29.4 Å². The van der Waals surface area contributed by atoms with Crippen molar-refractivity contribution in [3.63, 3.8) is 0 Å². The van der Waals surface area contributed by atoms with Gasteiger partial charge in [0.2, 0.25) is 5.95 Å². The lowest BCUT2D eigenvalue weighted by Gasteiger charge is -2.42. The van der Waals surface area contributed by atoms with Crippen molar-refractivity contribution in [1.29, 1.82) is 0 Å². The third kappa shape index (κ3) is 3.60. The molecule has 31 heavy (non-hydrogen) atoms. The van der Waals surface area contributed by atoms with Crippen LogP contribution in [0.25, 0.3) is 0 Å². The fourth-order valence-corrected chi connectivity index (χ4v) is 5.52. The molecule has 4 N–H and O–H groups in total. The number of hydrogen-bond acceptors (Lipinski definition) is 8. The summed E-state index contributed by atoms with van der Waals surface area (Å²) >= 11 is 7.15. The number of aromatic nitrogens is 4. The monoisotopic (exact) mass is 457 g/mol. The maximum absolute atomic E-state index is 13.6. The molecule has 10 heteroatoms. The molecule has 7 nitrogen and oxygen atoms in total. The van der Waals surface area contributed by atoms with E-state index in [4.69, 9.17) is 23.1 Å². The molecule has 1 fully saturated rings. The van der Waals surface area contributed by atoms with E-state index in [1.54, 1.807) is 12.3 Å². The molecule has 160 valence electrons. The van der Waals surface area contributed by atoms with E-state index < -0.39 is 5.95 Å². The first kappa shape index (κ1) is 20.4. The summed E-state index contributed by atoms with van der Waals surface area (Å²) in [6.07, 6.45) is 7.72. The minimum atomic E-state index is -0.723. The third-order valence-electron chi connectivity index (χ3n) is 6.29. The van der Waals surface area contributed by atoms with E-state index in [2.05, 4.69) is 30.9 Å². The minimum Gasteiger partial charge on any atom is -0.381 e. The van der Waals surface area contributed by atoms with Gasteiger partial charge in [0.05, 0.1) is 6.20 Å². The van der Waals surface area contributed by atoms with Gasteiger partial charge in [-0.3, -0.25) is 4.98 Å². The van der Waals surface area contributed by atoms with E-state index in [9.17, 15) is 4.39 Å². The summed E-state index contributed by atoms with van der Waals surface area (Å²) in [7, 11) is 0. The molecule has 1 aliphatic heterocycles. The predicted molar refractivity (Wildman–Crippen MR) is 119 cm³/mol. The molecule has 0 amide bonds. The van der Waals surface area contributed by atoms with Gasteiger partial charge in [0.25, 0.3) is 0 Å². The topological polar surface area (TPSA) is 107 Å². The van der Waals surface area contributed by atoms with Crippen LogP contribution in [0.1, 0.15) is 30.1 Å². The molecular formula is C21H21ClFN7S. The zero-order chi connectivity index (χ0) is 21.6. The van der Waals surface area contributed by atoms with Crippen LogP contribution >= 0.6 is 23.4 Å². The Labute approximate surface area is 188 Å². The van der Waals surface area contributed by atoms with Crippen LogP contribution in [0.2, 0.25) is 5.02 Å². The van der Waals surface area contributed by atoms with Crippen molar-refractivity contribution in [2.75, 3.05) is 23.7 Å². The van der Waals surface area contributed by atoms with Crippen molar-refractivity contribution >= 4 is 35.0 Å². The van der Waals surface area contributed by atoms with E-state index >= 15 is 0 Å². The zero-order valence-electron chi connectivity index (χ0n) is 16.6. The Hall–Kier alpha value is -2.49. The van der Waals surface area contributed by atoms with Crippen LogP contribution in [0.15, 0.2) is 46.7 Å². The van der Waals surface area contributed by atoms with Crippen LogP contribution in [0.4, 0.5) is 16.0 Å². The fourth-order valence-electron chi connectivity index (χ4n) is 4.52. The van der Waals surface area contributed by atoms with Crippen molar-refractivity contribution in [2.45, 2.75) is 35.2 Å². The molecule has 1 saturated heterocycles. The maximum atomic E-state index is 13.6. The summed E-state index contributed by atoms with van der Waals surface area (Å²) in [6.45, 7) is 1.65. The van der Waals surface area contributed by atoms with Crippen LogP contribution in [0.3, 0.4) is 0 Å². The Bertz CT molecular complexity index is 1140. The molecule has 0 aromatic carbocycles. The standard InChI is InChI=1S/C21H21ClFN7S/c22-16-14(3-7-27-18(16)23)31-20-19(25)29-15(11-28-20)30-8-4-21(5-9-30)10-13-12(17(21)24)2-1-6-26-13/h1-3,6-7,11,17H,4-5,8-10,24H2,(H2,25,29)/t17-/m1/s1. The van der Waals surface area contributed by atoms with Crippen molar-refractivity contribution in [1.82, 2.24) is 19.9 Å². The van der Waals surface area contributed by atoms with Crippen LogP contribution in [0.5, 0.6) is 0 Å². The van der Waals surface area contributed by atoms with Crippen LogP contribution in [-0.4, -0.2) is 33.0 Å². The van der Waals surface area contributed by atoms with Gasteiger partial charge in [-0.25, -0.2) is 15.0 Å². The van der Waals surface area contributed by atoms with Gasteiger partial charge in [-0.15, -0.1) is 0 Å². The van der Waals surface area contributed by atoms with Gasteiger partial charge in [-0.05, 0) is 42.4 Å². The number of nitrogens with zero attached hydrogens (tertiary/aromatic N) is 5. The summed E-state index contributed by atoms with van der Waals surface area (Å²) < 4.78 is 13.6. The molecule has 1 spiro atoms. The Balaban J connectivity index is 1.29. The Kier molecular flexibility index (Phi) is 5.19. The van der Waals surface area contributed by atoms with Crippen molar-refractivity contribution < 1.29 is 4.39 Å². The zero-order valence-corrected chi connectivity index (χ0v) is 18.2. The first-order valence-corrected chi connectivity index (χ1v) is 11.2. The molecule has 0 saturated carbocycles. The number of anilines is 2. The summed E-state index contributed by atoms with van der Waals surface area (Å²) in [5.41, 5.74) is 15.1. The lowest BCUT2D eigenvalue weighted by atomic mass is 9.73. The number of nitrogen functional groups attached to an aromatic ring is 1. The van der Waals surface area contributed by atoms with Gasteiger partial charge in [0.1, 0.15) is 15.9 Å². The van der Waals surface area contributed by atoms with E-state index in [0.717, 1.165) is 43.9 Å². The smallest absolute Gasteiger partial charge is 0.232 e. The predicted octanol–water partition coefficient (Wildman–Crippen LogP) is 3.64. The second-order valence-corrected chi connectivity index (χ2v) is 9.39. The lowest BCUT2D eigenvalue weighted by Crippen LogP contribution is -2.44. The molecule has 3 aromatic rings. The number of nitrogens with two attached hydrogens (primary N) is 2. The molecule has 5 rings (SSSR count). The van der Waals surface area contributed by atoms with Crippen LogP contribution in [0, 0.1) is 11.4 Å². The number of rotatable bonds is 3. The van der Waals surface area contributed by atoms with E-state index in [0.29, 0.717) is 9.92 Å². The lowest BCUT2D eigenvalue weighted by molar-refractivity contribution is 0.186. The maximum Gasteiger partial charge on any atom is 0.232 e. The SMILES string of the molecule is Nc1nc(N2CCC3(CC2)Cc2ncccc2[C@H]3N)cnc1Sc1ccnc(F)c1Cl. The highest BCUT2D eigenvalue weighted by molar-refractivity contribution is 7.99. The van der Waals surface area contributed by atoms with Gasteiger partial charge < -0.3 is 16.4 Å². The Morgan fingerprint density at radius 1 is 1.16 bits per heavy atom. The number of halogens is 2. The molecule has 4 heterocycles. The summed E-state index contributed by atoms with van der Waals surface area (Å²) in [5, 5.41) is 0.423. The second-order valence-electron chi connectivity index (χ2n) is 7.98. The Morgan fingerprint density at radius 3 is 2.71 bits per heavy atom. The van der Waals surface area contributed by atoms with Gasteiger partial charge in [0.15, 0.2) is 5.82 Å². The number of hydrogen-bond donors (Lipinski definition) is 2. The van der Waals surface area contributed by atoms with Crippen molar-refractivity contribution in [3.05, 3.63) is 59.0 Å². The summed E-state index contributed by atoms with van der Waals surface area (Å²) in [5.74, 6) is 0.288. The average Bonchev–Trinajstić information content (AvgIpc) is 3.05. The van der Waals surface area contributed by atoms with Crippen LogP contribution in [-0.2, 0) is 6.42 Å². The van der Waals surface area contributed by atoms with Crippen molar-refractivity contribution in [2.24, 2.45) is 11.1 Å². The van der Waals surface area contributed by atoms with Gasteiger partial charge in [0, 0.05) is 42.1 Å². The first-order valence-electron chi connectivity index (χ1n) is 10.0. The number of pyridine rings is 2. The average molecular weight is 458 g/mol. The van der Waals surface area contributed by atoms with Crippen molar-refractivity contribution in [3.8, 4) is 0 Å². The van der Waals surface area contributed by atoms with Gasteiger partial charge >= 0.3 is 0 Å². The third-order valence-corrected chi connectivity index (χ3v) is 7.83. The molecular weight excluding hydrogens is 437 g/mol. The van der Waals surface area contributed by atoms with Crippen LogP contribution < -0.4 is 16.4 Å². The molecule has 3 aromatic heterocycles. The van der Waals surface area contributed by atoms with E-state index in [-0.39, 0.29) is 22.3 Å². The highest BCUT2D eigenvalue weighted by Crippen LogP contribution is 2.50. The highest BCUT2D eigenvalue weighted by atomic mass is 35.5. The number of piperidine rings is 1. The first-order chi connectivity index (χ1) is 15.0. The molecule has 0 radical (unpaired) electrons. The summed E-state index contributed by atoms with van der Waals surface area (Å²) in [6, 6.07) is 5.68. The molecule has 2 aliphatic rings.